The van der Waals surface area contributed by atoms with Crippen LogP contribution >= 0.6 is 0 Å². The fraction of sp³-hybridized carbons (Fsp3) is 0.462. The molecule has 0 heterocycles. The van der Waals surface area contributed by atoms with Gasteiger partial charge in [-0.3, -0.25) is 4.79 Å². The molecule has 0 fully saturated rings. The molecule has 19 heavy (non-hydrogen) atoms. The highest BCUT2D eigenvalue weighted by molar-refractivity contribution is 6.05. The highest BCUT2D eigenvalue weighted by Crippen LogP contribution is 2.35. The third kappa shape index (κ3) is 2.58. The Balaban J connectivity index is 2.28. The molecule has 1 aromatic carbocycles. The lowest BCUT2D eigenvalue weighted by atomic mass is 10.1. The first-order chi connectivity index (χ1) is 9.21. The molecule has 1 aromatic rings. The number of benzene rings is 1. The van der Waals surface area contributed by atoms with Crippen molar-refractivity contribution in [2.75, 3.05) is 27.4 Å². The van der Waals surface area contributed by atoms with Gasteiger partial charge in [0.2, 0.25) is 0 Å². The topological polar surface area (TPSA) is 74.2 Å². The molecular formula is C13H15NO5. The van der Waals surface area contributed by atoms with E-state index in [1.165, 1.54) is 7.11 Å². The summed E-state index contributed by atoms with van der Waals surface area (Å²) in [6.45, 7) is 0.794. The van der Waals surface area contributed by atoms with Crippen molar-refractivity contribution in [3.05, 3.63) is 28.2 Å². The fourth-order valence-electron chi connectivity index (χ4n) is 2.07. The summed E-state index contributed by atoms with van der Waals surface area (Å²) in [6.07, 6.45) is 0.326. The molecule has 0 spiro atoms. The number of ether oxygens (including phenoxy) is 3. The Morgan fingerprint density at radius 1 is 1.26 bits per heavy atom. The molecule has 6 heteroatoms. The van der Waals surface area contributed by atoms with Gasteiger partial charge in [-0.2, -0.15) is 4.91 Å². The number of Topliss-reactive ketones (excluding diaryl/α,β-unsaturated/α-hetero) is 1. The third-order valence-corrected chi connectivity index (χ3v) is 3.04. The predicted octanol–water partition coefficient (Wildman–Crippen LogP) is 1.59. The number of fused-ring (bicyclic) bond motifs is 1. The van der Waals surface area contributed by atoms with E-state index >= 15 is 0 Å². The van der Waals surface area contributed by atoms with Crippen LogP contribution in [-0.2, 0) is 11.2 Å². The highest BCUT2D eigenvalue weighted by atomic mass is 16.5. The Kier molecular flexibility index (Phi) is 4.11. The van der Waals surface area contributed by atoms with Crippen LogP contribution in [0.4, 0.5) is 0 Å². The van der Waals surface area contributed by atoms with Crippen molar-refractivity contribution in [2.45, 2.75) is 12.5 Å². The number of hydrogen-bond donors (Lipinski definition) is 0. The van der Waals surface area contributed by atoms with Crippen molar-refractivity contribution < 1.29 is 19.0 Å². The van der Waals surface area contributed by atoms with Crippen molar-refractivity contribution in [3.8, 4) is 11.5 Å². The quantitative estimate of drug-likeness (QED) is 0.577. The molecular weight excluding hydrogens is 250 g/mol. The highest BCUT2D eigenvalue weighted by Gasteiger charge is 2.33. The number of nitrogens with zero attached hydrogens (tertiary/aromatic N) is 1. The summed E-state index contributed by atoms with van der Waals surface area (Å²) in [6, 6.07) is 2.51. The Morgan fingerprint density at radius 3 is 2.68 bits per heavy atom. The van der Waals surface area contributed by atoms with Gasteiger partial charge in [0.15, 0.2) is 23.3 Å². The number of rotatable bonds is 6. The van der Waals surface area contributed by atoms with Gasteiger partial charge in [0.05, 0.1) is 13.7 Å². The monoisotopic (exact) mass is 265 g/mol. The van der Waals surface area contributed by atoms with Crippen LogP contribution in [-0.4, -0.2) is 39.3 Å². The summed E-state index contributed by atoms with van der Waals surface area (Å²) >= 11 is 0. The van der Waals surface area contributed by atoms with Gasteiger partial charge in [-0.25, -0.2) is 0 Å². The number of ketones is 1. The fourth-order valence-corrected chi connectivity index (χ4v) is 2.07. The normalized spacial score (nSPS) is 17.2. The predicted molar refractivity (Wildman–Crippen MR) is 68.0 cm³/mol. The molecule has 1 atom stereocenters. The molecule has 0 amide bonds. The second-order valence-electron chi connectivity index (χ2n) is 4.19. The Bertz CT molecular complexity index is 500. The second kappa shape index (κ2) is 5.79. The molecule has 6 nitrogen and oxygen atoms in total. The summed E-state index contributed by atoms with van der Waals surface area (Å²) in [5.74, 6) is 0.747. The number of hydrogen-bond acceptors (Lipinski definition) is 6. The summed E-state index contributed by atoms with van der Waals surface area (Å²) in [5, 5.41) is 2.84. The maximum Gasteiger partial charge on any atom is 0.191 e. The first-order valence-electron chi connectivity index (χ1n) is 5.90. The molecule has 2 rings (SSSR count). The van der Waals surface area contributed by atoms with Crippen LogP contribution in [0.1, 0.15) is 15.9 Å². The van der Waals surface area contributed by atoms with Crippen molar-refractivity contribution in [1.29, 1.82) is 0 Å². The third-order valence-electron chi connectivity index (χ3n) is 3.04. The molecule has 0 aliphatic heterocycles. The van der Waals surface area contributed by atoms with E-state index < -0.39 is 6.04 Å². The van der Waals surface area contributed by atoms with Gasteiger partial charge in [-0.1, -0.05) is 5.18 Å². The van der Waals surface area contributed by atoms with E-state index in [4.69, 9.17) is 14.2 Å². The Hall–Kier alpha value is -1.95. The number of carbonyl (C=O) groups excluding carboxylic acids is 1. The molecule has 0 saturated heterocycles. The van der Waals surface area contributed by atoms with E-state index in [1.54, 1.807) is 19.2 Å². The maximum absolute atomic E-state index is 11.9. The van der Waals surface area contributed by atoms with Crippen LogP contribution in [0.25, 0.3) is 0 Å². The first kappa shape index (κ1) is 13.5. The number of methoxy groups -OCH3 is 2. The zero-order valence-electron chi connectivity index (χ0n) is 10.8. The number of nitroso groups, excluding NO2 is 1. The van der Waals surface area contributed by atoms with E-state index in [0.29, 0.717) is 36.7 Å². The van der Waals surface area contributed by atoms with Crippen LogP contribution in [0.15, 0.2) is 17.3 Å². The van der Waals surface area contributed by atoms with E-state index in [0.717, 1.165) is 5.56 Å². The van der Waals surface area contributed by atoms with Gasteiger partial charge < -0.3 is 14.2 Å². The standard InChI is InChI=1S/C13H15NO5/c1-17-3-4-19-12-7-9-8(6-11(12)18-2)5-10(14-16)13(9)15/h6-7,10H,3-5H2,1-2H3. The summed E-state index contributed by atoms with van der Waals surface area (Å²) in [4.78, 5) is 22.5. The van der Waals surface area contributed by atoms with Gasteiger partial charge >= 0.3 is 0 Å². The van der Waals surface area contributed by atoms with Gasteiger partial charge in [-0.15, -0.1) is 0 Å². The number of carbonyl (C=O) groups is 1. The van der Waals surface area contributed by atoms with Gasteiger partial charge in [0.1, 0.15) is 6.61 Å². The minimum Gasteiger partial charge on any atom is -0.493 e. The Morgan fingerprint density at radius 2 is 2.05 bits per heavy atom. The zero-order valence-corrected chi connectivity index (χ0v) is 10.8. The Labute approximate surface area is 110 Å². The lowest BCUT2D eigenvalue weighted by Gasteiger charge is -2.12. The lowest BCUT2D eigenvalue weighted by Crippen LogP contribution is -2.11. The molecule has 0 N–H and O–H groups in total. The minimum atomic E-state index is -0.825. The van der Waals surface area contributed by atoms with Crippen LogP contribution in [0.5, 0.6) is 11.5 Å². The van der Waals surface area contributed by atoms with E-state index in [9.17, 15) is 9.70 Å². The maximum atomic E-state index is 11.9. The van der Waals surface area contributed by atoms with E-state index in [-0.39, 0.29) is 5.78 Å². The molecule has 0 aromatic heterocycles. The van der Waals surface area contributed by atoms with Crippen LogP contribution in [0.3, 0.4) is 0 Å². The van der Waals surface area contributed by atoms with Crippen molar-refractivity contribution in [1.82, 2.24) is 0 Å². The SMILES string of the molecule is COCCOc1cc2c(cc1OC)CC(N=O)C2=O. The van der Waals surface area contributed by atoms with Crippen molar-refractivity contribution in [3.63, 3.8) is 0 Å². The van der Waals surface area contributed by atoms with Crippen LogP contribution < -0.4 is 9.47 Å². The van der Waals surface area contributed by atoms with Gasteiger partial charge in [-0.05, 0) is 17.7 Å². The molecule has 0 saturated carbocycles. The largest absolute Gasteiger partial charge is 0.493 e. The van der Waals surface area contributed by atoms with Crippen LogP contribution in [0.2, 0.25) is 0 Å². The first-order valence-corrected chi connectivity index (χ1v) is 5.90. The second-order valence-corrected chi connectivity index (χ2v) is 4.19. The van der Waals surface area contributed by atoms with Crippen molar-refractivity contribution in [2.24, 2.45) is 5.18 Å². The van der Waals surface area contributed by atoms with E-state index in [1.807, 2.05) is 0 Å². The van der Waals surface area contributed by atoms with Crippen molar-refractivity contribution >= 4 is 5.78 Å². The molecule has 1 aliphatic carbocycles. The molecule has 102 valence electrons. The van der Waals surface area contributed by atoms with Crippen LogP contribution in [0, 0.1) is 4.91 Å². The summed E-state index contributed by atoms with van der Waals surface area (Å²) < 4.78 is 15.6. The van der Waals surface area contributed by atoms with Gasteiger partial charge in [0, 0.05) is 19.1 Å². The lowest BCUT2D eigenvalue weighted by molar-refractivity contribution is 0.0974. The smallest absolute Gasteiger partial charge is 0.191 e. The molecule has 0 radical (unpaired) electrons. The zero-order chi connectivity index (χ0) is 13.8. The van der Waals surface area contributed by atoms with Gasteiger partial charge in [0.25, 0.3) is 0 Å². The summed E-state index contributed by atoms with van der Waals surface area (Å²) in [7, 11) is 3.10. The molecule has 1 unspecified atom stereocenters. The van der Waals surface area contributed by atoms with E-state index in [2.05, 4.69) is 5.18 Å². The molecule has 1 aliphatic rings. The minimum absolute atomic E-state index is 0.260. The average molecular weight is 265 g/mol. The average Bonchev–Trinajstić information content (AvgIpc) is 2.74. The molecule has 0 bridgehead atoms. The summed E-state index contributed by atoms with van der Waals surface area (Å²) in [5.41, 5.74) is 1.25.